The lowest BCUT2D eigenvalue weighted by molar-refractivity contribution is 0.281. The maximum atomic E-state index is 8.84. The molecule has 0 amide bonds. The minimum atomic E-state index is 0.216. The summed E-state index contributed by atoms with van der Waals surface area (Å²) < 4.78 is 0.888. The van der Waals surface area contributed by atoms with Gasteiger partial charge in [0.05, 0.1) is 6.61 Å². The van der Waals surface area contributed by atoms with E-state index in [0.29, 0.717) is 12.6 Å². The van der Waals surface area contributed by atoms with Gasteiger partial charge in [0.25, 0.3) is 0 Å². The normalized spacial score (nSPS) is 20.8. The fourth-order valence-corrected chi connectivity index (χ4v) is 2.71. The average molecular weight is 314 g/mol. The summed E-state index contributed by atoms with van der Waals surface area (Å²) in [6.07, 6.45) is 3.44. The summed E-state index contributed by atoms with van der Waals surface area (Å²) >= 11 is 3.42. The zero-order valence-corrected chi connectivity index (χ0v) is 12.1. The molecule has 0 aromatic carbocycles. The van der Waals surface area contributed by atoms with Crippen LogP contribution in [0.4, 0.5) is 5.82 Å². The number of rotatable bonds is 4. The molecule has 0 radical (unpaired) electrons. The third-order valence-corrected chi connectivity index (χ3v) is 3.74. The van der Waals surface area contributed by atoms with Crippen molar-refractivity contribution >= 4 is 21.7 Å². The monoisotopic (exact) mass is 313 g/mol. The van der Waals surface area contributed by atoms with Gasteiger partial charge in [-0.2, -0.15) is 0 Å². The highest BCUT2D eigenvalue weighted by Crippen LogP contribution is 2.19. The van der Waals surface area contributed by atoms with Gasteiger partial charge in [-0.25, -0.2) is 4.98 Å². The maximum Gasteiger partial charge on any atom is 0.129 e. The molecule has 0 aliphatic carbocycles. The van der Waals surface area contributed by atoms with Crippen molar-refractivity contribution < 1.29 is 5.11 Å². The second-order valence-electron chi connectivity index (χ2n) is 4.61. The summed E-state index contributed by atoms with van der Waals surface area (Å²) in [4.78, 5) is 6.85. The topological polar surface area (TPSA) is 48.4 Å². The molecular formula is C13H20BrN3O. The number of pyridine rings is 1. The number of aliphatic hydroxyl groups excluding tert-OH is 1. The molecule has 0 saturated carbocycles. The molecule has 1 saturated heterocycles. The van der Waals surface area contributed by atoms with Crippen molar-refractivity contribution in [2.24, 2.45) is 0 Å². The SMILES string of the molecule is OCCN[C@H]1CCCN(c2cccc(Br)n2)CC1. The molecule has 100 valence electrons. The number of aliphatic hydroxyl groups is 1. The van der Waals surface area contributed by atoms with Gasteiger partial charge in [0, 0.05) is 25.7 Å². The first-order valence-electron chi connectivity index (χ1n) is 6.51. The van der Waals surface area contributed by atoms with Gasteiger partial charge in [0.1, 0.15) is 10.4 Å². The van der Waals surface area contributed by atoms with Crippen LogP contribution in [0.3, 0.4) is 0 Å². The van der Waals surface area contributed by atoms with E-state index in [1.54, 1.807) is 0 Å². The minimum Gasteiger partial charge on any atom is -0.395 e. The Kier molecular flexibility index (Phi) is 5.41. The van der Waals surface area contributed by atoms with E-state index in [0.717, 1.165) is 36.4 Å². The molecule has 0 bridgehead atoms. The predicted octanol–water partition coefficient (Wildman–Crippen LogP) is 1.78. The molecule has 1 aliphatic rings. The molecule has 2 heterocycles. The number of nitrogens with zero attached hydrogens (tertiary/aromatic N) is 2. The third kappa shape index (κ3) is 3.93. The Morgan fingerprint density at radius 1 is 1.39 bits per heavy atom. The summed E-state index contributed by atoms with van der Waals surface area (Å²) in [5.41, 5.74) is 0. The second kappa shape index (κ2) is 7.07. The molecule has 1 aliphatic heterocycles. The molecular weight excluding hydrogens is 294 g/mol. The average Bonchev–Trinajstić information content (AvgIpc) is 2.62. The fraction of sp³-hybridized carbons (Fsp3) is 0.615. The van der Waals surface area contributed by atoms with Crippen LogP contribution in [0.1, 0.15) is 19.3 Å². The molecule has 1 atom stereocenters. The fourth-order valence-electron chi connectivity index (χ4n) is 2.37. The summed E-state index contributed by atoms with van der Waals surface area (Å²) in [5.74, 6) is 1.05. The highest BCUT2D eigenvalue weighted by Gasteiger charge is 2.17. The van der Waals surface area contributed by atoms with Crippen molar-refractivity contribution in [1.82, 2.24) is 10.3 Å². The molecule has 1 aromatic heterocycles. The number of halogens is 1. The van der Waals surface area contributed by atoms with E-state index in [4.69, 9.17) is 5.11 Å². The van der Waals surface area contributed by atoms with Crippen LogP contribution in [-0.4, -0.2) is 42.4 Å². The summed E-state index contributed by atoms with van der Waals surface area (Å²) in [5, 5.41) is 12.2. The lowest BCUT2D eigenvalue weighted by Crippen LogP contribution is -2.33. The van der Waals surface area contributed by atoms with Crippen LogP contribution in [0.5, 0.6) is 0 Å². The summed E-state index contributed by atoms with van der Waals surface area (Å²) in [6.45, 7) is 2.99. The molecule has 5 heteroatoms. The quantitative estimate of drug-likeness (QED) is 0.832. The van der Waals surface area contributed by atoms with Gasteiger partial charge in [-0.15, -0.1) is 0 Å². The highest BCUT2D eigenvalue weighted by molar-refractivity contribution is 9.10. The first-order valence-corrected chi connectivity index (χ1v) is 7.30. The van der Waals surface area contributed by atoms with Crippen LogP contribution < -0.4 is 10.2 Å². The zero-order valence-electron chi connectivity index (χ0n) is 10.5. The summed E-state index contributed by atoms with van der Waals surface area (Å²) in [7, 11) is 0. The van der Waals surface area contributed by atoms with Gasteiger partial charge in [0.15, 0.2) is 0 Å². The van der Waals surface area contributed by atoms with Crippen LogP contribution in [0.2, 0.25) is 0 Å². The van der Waals surface area contributed by atoms with Crippen LogP contribution in [0.15, 0.2) is 22.8 Å². The van der Waals surface area contributed by atoms with Crippen molar-refractivity contribution in [2.75, 3.05) is 31.1 Å². The van der Waals surface area contributed by atoms with Crippen LogP contribution in [0.25, 0.3) is 0 Å². The van der Waals surface area contributed by atoms with Gasteiger partial charge in [-0.05, 0) is 47.3 Å². The Balaban J connectivity index is 1.92. The van der Waals surface area contributed by atoms with Gasteiger partial charge < -0.3 is 15.3 Å². The Labute approximate surface area is 117 Å². The van der Waals surface area contributed by atoms with Gasteiger partial charge in [-0.1, -0.05) is 6.07 Å². The van der Waals surface area contributed by atoms with E-state index in [1.165, 1.54) is 6.42 Å². The van der Waals surface area contributed by atoms with Gasteiger partial charge >= 0.3 is 0 Å². The van der Waals surface area contributed by atoms with Crippen molar-refractivity contribution in [3.8, 4) is 0 Å². The number of anilines is 1. The smallest absolute Gasteiger partial charge is 0.129 e. The molecule has 0 spiro atoms. The lowest BCUT2D eigenvalue weighted by Gasteiger charge is -2.22. The standard InChI is InChI=1S/C13H20BrN3O/c14-12-4-1-5-13(16-12)17-8-2-3-11(6-9-17)15-7-10-18/h1,4-5,11,15,18H,2-3,6-10H2/t11-/m0/s1. The number of hydrogen-bond acceptors (Lipinski definition) is 4. The molecule has 1 fully saturated rings. The highest BCUT2D eigenvalue weighted by atomic mass is 79.9. The molecule has 18 heavy (non-hydrogen) atoms. The molecule has 0 unspecified atom stereocenters. The van der Waals surface area contributed by atoms with Crippen molar-refractivity contribution in [3.63, 3.8) is 0 Å². The predicted molar refractivity (Wildman–Crippen MR) is 76.9 cm³/mol. The van der Waals surface area contributed by atoms with Crippen LogP contribution in [-0.2, 0) is 0 Å². The van der Waals surface area contributed by atoms with Crippen molar-refractivity contribution in [1.29, 1.82) is 0 Å². The van der Waals surface area contributed by atoms with E-state index in [-0.39, 0.29) is 6.61 Å². The van der Waals surface area contributed by atoms with Crippen molar-refractivity contribution in [3.05, 3.63) is 22.8 Å². The van der Waals surface area contributed by atoms with Crippen LogP contribution in [0, 0.1) is 0 Å². The number of nitrogens with one attached hydrogen (secondary N) is 1. The van der Waals surface area contributed by atoms with E-state index in [1.807, 2.05) is 12.1 Å². The largest absolute Gasteiger partial charge is 0.395 e. The minimum absolute atomic E-state index is 0.216. The van der Waals surface area contributed by atoms with E-state index in [2.05, 4.69) is 37.2 Å². The Bertz CT molecular complexity index is 375. The van der Waals surface area contributed by atoms with Gasteiger partial charge in [-0.3, -0.25) is 0 Å². The van der Waals surface area contributed by atoms with Gasteiger partial charge in [0.2, 0.25) is 0 Å². The Morgan fingerprint density at radius 2 is 2.28 bits per heavy atom. The molecule has 2 N–H and O–H groups in total. The van der Waals surface area contributed by atoms with Crippen LogP contribution >= 0.6 is 15.9 Å². The molecule has 1 aromatic rings. The number of hydrogen-bond donors (Lipinski definition) is 2. The van der Waals surface area contributed by atoms with Crippen molar-refractivity contribution in [2.45, 2.75) is 25.3 Å². The third-order valence-electron chi connectivity index (χ3n) is 3.30. The first-order chi connectivity index (χ1) is 8.79. The maximum absolute atomic E-state index is 8.84. The van der Waals surface area contributed by atoms with E-state index < -0.39 is 0 Å². The first kappa shape index (κ1) is 13.8. The van der Waals surface area contributed by atoms with E-state index >= 15 is 0 Å². The van der Waals surface area contributed by atoms with E-state index in [9.17, 15) is 0 Å². The second-order valence-corrected chi connectivity index (χ2v) is 5.42. The lowest BCUT2D eigenvalue weighted by atomic mass is 10.1. The Hall–Kier alpha value is -0.650. The Morgan fingerprint density at radius 3 is 3.06 bits per heavy atom. The zero-order chi connectivity index (χ0) is 12.8. The molecule has 2 rings (SSSR count). The number of aromatic nitrogens is 1. The summed E-state index contributed by atoms with van der Waals surface area (Å²) in [6, 6.07) is 6.56. The molecule has 4 nitrogen and oxygen atoms in total.